The molecule has 2 aromatic heterocycles. The van der Waals surface area contributed by atoms with Crippen LogP contribution in [0.3, 0.4) is 0 Å². The summed E-state index contributed by atoms with van der Waals surface area (Å²) < 4.78 is 2.32. The molecule has 0 bridgehead atoms. The van der Waals surface area contributed by atoms with Crippen molar-refractivity contribution in [2.75, 3.05) is 24.5 Å². The molecule has 2 fully saturated rings. The molecule has 1 saturated heterocycles. The van der Waals surface area contributed by atoms with Crippen LogP contribution < -0.4 is 4.90 Å². The smallest absolute Gasteiger partial charge is 0.236 e. The summed E-state index contributed by atoms with van der Waals surface area (Å²) in [5.74, 6) is 2.02. The fourth-order valence-corrected chi connectivity index (χ4v) is 6.22. The van der Waals surface area contributed by atoms with E-state index in [1.807, 2.05) is 23.2 Å². The maximum absolute atomic E-state index is 13.1. The number of rotatable bonds is 5. The average molecular weight is 432 g/mol. The van der Waals surface area contributed by atoms with Gasteiger partial charge in [0.05, 0.1) is 5.25 Å². The summed E-state index contributed by atoms with van der Waals surface area (Å²) in [6.07, 6.45) is 5.80. The maximum atomic E-state index is 13.1. The zero-order valence-electron chi connectivity index (χ0n) is 17.2. The molecule has 0 spiro atoms. The number of piperidine rings is 1. The van der Waals surface area contributed by atoms with Crippen LogP contribution >= 0.6 is 23.1 Å². The van der Waals surface area contributed by atoms with Gasteiger partial charge in [-0.05, 0) is 62.0 Å². The average Bonchev–Trinajstić information content (AvgIpc) is 3.31. The van der Waals surface area contributed by atoms with Crippen LogP contribution in [0, 0.1) is 5.92 Å². The Labute approximate surface area is 180 Å². The fraction of sp³-hybridized carbons (Fsp3) is 0.667. The Kier molecular flexibility index (Phi) is 5.32. The minimum Gasteiger partial charge on any atom is -0.341 e. The number of carbonyl (C=O) groups excluding carboxylic acids is 1. The molecular weight excluding hydrogens is 402 g/mol. The number of hydrogen-bond acceptors (Lipinski definition) is 6. The van der Waals surface area contributed by atoms with Crippen molar-refractivity contribution in [3.8, 4) is 0 Å². The molecule has 2 aromatic rings. The molecule has 156 valence electrons. The number of carbonyl (C=O) groups is 1. The normalized spacial score (nSPS) is 21.3. The van der Waals surface area contributed by atoms with E-state index in [-0.39, 0.29) is 11.2 Å². The molecule has 1 saturated carbocycles. The van der Waals surface area contributed by atoms with Crippen molar-refractivity contribution in [1.82, 2.24) is 19.7 Å². The van der Waals surface area contributed by atoms with Gasteiger partial charge >= 0.3 is 0 Å². The molecular formula is C21H29N5OS2. The van der Waals surface area contributed by atoms with Crippen molar-refractivity contribution in [1.29, 1.82) is 0 Å². The Morgan fingerprint density at radius 2 is 2.00 bits per heavy atom. The zero-order chi connectivity index (χ0) is 20.0. The number of hydrogen-bond donors (Lipinski definition) is 0. The molecule has 29 heavy (non-hydrogen) atoms. The number of aromatic nitrogens is 3. The number of thiophene rings is 1. The van der Waals surface area contributed by atoms with E-state index < -0.39 is 0 Å². The SMILES string of the molecule is CC1CCN(c2nnc(SC(C)C(=O)N3CCc4sccc4C3)n2C2CC2)CC1. The lowest BCUT2D eigenvalue weighted by Gasteiger charge is -2.31. The first kappa shape index (κ1) is 19.4. The molecule has 0 N–H and O–H groups in total. The summed E-state index contributed by atoms with van der Waals surface area (Å²) in [7, 11) is 0. The fourth-order valence-electron chi connectivity index (χ4n) is 4.33. The predicted molar refractivity (Wildman–Crippen MR) is 118 cm³/mol. The number of thioether (sulfide) groups is 1. The Morgan fingerprint density at radius 1 is 1.21 bits per heavy atom. The van der Waals surface area contributed by atoms with Gasteiger partial charge in [-0.1, -0.05) is 18.7 Å². The van der Waals surface area contributed by atoms with Crippen LogP contribution in [-0.4, -0.2) is 50.5 Å². The molecule has 2 aliphatic heterocycles. The van der Waals surface area contributed by atoms with E-state index in [1.165, 1.54) is 36.1 Å². The van der Waals surface area contributed by atoms with Gasteiger partial charge in [0.2, 0.25) is 11.9 Å². The standard InChI is InChI=1S/C21H29N5OS2/c1-14-5-9-24(10-6-14)20-22-23-21(26(20)17-3-4-17)29-15(2)19(27)25-11-7-18-16(13-25)8-12-28-18/h8,12,14-15,17H,3-7,9-11,13H2,1-2H3. The van der Waals surface area contributed by atoms with Crippen LogP contribution in [0.25, 0.3) is 0 Å². The Balaban J connectivity index is 1.29. The highest BCUT2D eigenvalue weighted by Gasteiger charge is 2.34. The number of fused-ring (bicyclic) bond motifs is 1. The zero-order valence-corrected chi connectivity index (χ0v) is 18.8. The Bertz CT molecular complexity index is 882. The van der Waals surface area contributed by atoms with Gasteiger partial charge in [0, 0.05) is 37.1 Å². The van der Waals surface area contributed by atoms with Crippen molar-refractivity contribution >= 4 is 35.0 Å². The third-order valence-corrected chi connectivity index (χ3v) is 8.44. The van der Waals surface area contributed by atoms with Crippen molar-refractivity contribution in [3.63, 3.8) is 0 Å². The van der Waals surface area contributed by atoms with Gasteiger partial charge in [-0.3, -0.25) is 9.36 Å². The summed E-state index contributed by atoms with van der Waals surface area (Å²) >= 11 is 3.39. The van der Waals surface area contributed by atoms with E-state index in [0.29, 0.717) is 6.04 Å². The van der Waals surface area contributed by atoms with Gasteiger partial charge in [-0.15, -0.1) is 21.5 Å². The second kappa shape index (κ2) is 7.95. The molecule has 3 aliphatic rings. The van der Waals surface area contributed by atoms with Gasteiger partial charge < -0.3 is 9.80 Å². The Morgan fingerprint density at radius 3 is 2.76 bits per heavy atom. The summed E-state index contributed by atoms with van der Waals surface area (Å²) in [6.45, 7) is 8.03. The third kappa shape index (κ3) is 3.93. The van der Waals surface area contributed by atoms with Crippen molar-refractivity contribution in [2.24, 2.45) is 5.92 Å². The maximum Gasteiger partial charge on any atom is 0.236 e. The second-order valence-corrected chi connectivity index (χ2v) is 11.0. The first-order valence-electron chi connectivity index (χ1n) is 10.8. The van der Waals surface area contributed by atoms with Crippen molar-refractivity contribution < 1.29 is 4.79 Å². The van der Waals surface area contributed by atoms with Crippen LogP contribution in [0.4, 0.5) is 5.95 Å². The molecule has 1 amide bonds. The first-order chi connectivity index (χ1) is 14.1. The second-order valence-electron chi connectivity index (χ2n) is 8.69. The van der Waals surface area contributed by atoms with E-state index in [4.69, 9.17) is 0 Å². The van der Waals surface area contributed by atoms with Crippen LogP contribution in [0.15, 0.2) is 16.6 Å². The molecule has 5 rings (SSSR count). The minimum absolute atomic E-state index is 0.147. The summed E-state index contributed by atoms with van der Waals surface area (Å²) in [4.78, 5) is 19.0. The highest BCUT2D eigenvalue weighted by Crippen LogP contribution is 2.42. The molecule has 4 heterocycles. The van der Waals surface area contributed by atoms with Crippen LogP contribution in [-0.2, 0) is 17.8 Å². The van der Waals surface area contributed by atoms with E-state index in [9.17, 15) is 4.79 Å². The van der Waals surface area contributed by atoms with E-state index in [1.54, 1.807) is 11.8 Å². The van der Waals surface area contributed by atoms with E-state index in [0.717, 1.165) is 49.6 Å². The highest BCUT2D eigenvalue weighted by molar-refractivity contribution is 8.00. The predicted octanol–water partition coefficient (Wildman–Crippen LogP) is 3.98. The van der Waals surface area contributed by atoms with Gasteiger partial charge in [0.15, 0.2) is 5.16 Å². The van der Waals surface area contributed by atoms with Crippen LogP contribution in [0.5, 0.6) is 0 Å². The molecule has 0 aromatic carbocycles. The van der Waals surface area contributed by atoms with Gasteiger partial charge in [-0.25, -0.2) is 0 Å². The molecule has 6 nitrogen and oxygen atoms in total. The molecule has 1 unspecified atom stereocenters. The monoisotopic (exact) mass is 431 g/mol. The number of anilines is 1. The highest BCUT2D eigenvalue weighted by atomic mass is 32.2. The third-order valence-electron chi connectivity index (χ3n) is 6.37. The van der Waals surface area contributed by atoms with Gasteiger partial charge in [0.25, 0.3) is 0 Å². The van der Waals surface area contributed by atoms with E-state index >= 15 is 0 Å². The summed E-state index contributed by atoms with van der Waals surface area (Å²) in [5.41, 5.74) is 1.31. The van der Waals surface area contributed by atoms with Crippen LogP contribution in [0.1, 0.15) is 56.0 Å². The van der Waals surface area contributed by atoms with Gasteiger partial charge in [-0.2, -0.15) is 0 Å². The Hall–Kier alpha value is -1.54. The molecule has 8 heteroatoms. The van der Waals surface area contributed by atoms with Gasteiger partial charge in [0.1, 0.15) is 0 Å². The van der Waals surface area contributed by atoms with E-state index in [2.05, 4.69) is 38.0 Å². The lowest BCUT2D eigenvalue weighted by molar-refractivity contribution is -0.131. The van der Waals surface area contributed by atoms with Crippen LogP contribution in [0.2, 0.25) is 0 Å². The first-order valence-corrected chi connectivity index (χ1v) is 12.6. The minimum atomic E-state index is -0.147. The topological polar surface area (TPSA) is 54.3 Å². The number of nitrogens with zero attached hydrogens (tertiary/aromatic N) is 5. The lowest BCUT2D eigenvalue weighted by Crippen LogP contribution is -2.39. The molecule has 1 aliphatic carbocycles. The number of amides is 1. The summed E-state index contributed by atoms with van der Waals surface area (Å²) in [6, 6.07) is 2.67. The quantitative estimate of drug-likeness (QED) is 0.671. The summed E-state index contributed by atoms with van der Waals surface area (Å²) in [5, 5.41) is 12.0. The van der Waals surface area contributed by atoms with Crippen molar-refractivity contribution in [2.45, 2.75) is 68.9 Å². The lowest BCUT2D eigenvalue weighted by atomic mass is 10.00. The van der Waals surface area contributed by atoms with Crippen molar-refractivity contribution in [3.05, 3.63) is 21.9 Å². The molecule has 0 radical (unpaired) electrons. The largest absolute Gasteiger partial charge is 0.341 e. The molecule has 1 atom stereocenters.